The summed E-state index contributed by atoms with van der Waals surface area (Å²) in [5.74, 6) is 1.90. The minimum atomic E-state index is 0.554. The van der Waals surface area contributed by atoms with Crippen molar-refractivity contribution in [1.82, 2.24) is 10.2 Å². The molecule has 0 bridgehead atoms. The Morgan fingerprint density at radius 2 is 2.06 bits per heavy atom. The summed E-state index contributed by atoms with van der Waals surface area (Å²) in [6.45, 7) is 1.67. The molecular weight excluding hydrogens is 224 g/mol. The Bertz CT molecular complexity index is 405. The number of aromatic nitrogens is 2. The van der Waals surface area contributed by atoms with E-state index in [4.69, 9.17) is 5.73 Å². The Hall–Kier alpha value is -1.16. The zero-order valence-electron chi connectivity index (χ0n) is 10.9. The molecule has 1 aromatic rings. The highest BCUT2D eigenvalue weighted by molar-refractivity contribution is 5.47. The maximum absolute atomic E-state index is 5.83. The summed E-state index contributed by atoms with van der Waals surface area (Å²) in [7, 11) is 0. The number of hydrogen-bond donors (Lipinski definition) is 1. The lowest BCUT2D eigenvalue weighted by molar-refractivity contribution is 0.242. The van der Waals surface area contributed by atoms with Crippen LogP contribution in [-0.4, -0.2) is 22.8 Å². The second-order valence-electron chi connectivity index (χ2n) is 5.53. The van der Waals surface area contributed by atoms with Gasteiger partial charge in [-0.1, -0.05) is 12.8 Å². The minimum absolute atomic E-state index is 0.554. The summed E-state index contributed by atoms with van der Waals surface area (Å²) in [6, 6.07) is 2.68. The molecule has 1 saturated carbocycles. The van der Waals surface area contributed by atoms with Crippen molar-refractivity contribution in [2.75, 3.05) is 11.4 Å². The Balaban J connectivity index is 1.89. The molecule has 2 aliphatic rings. The number of fused-ring (bicyclic) bond motifs is 1. The van der Waals surface area contributed by atoms with Crippen molar-refractivity contribution in [3.05, 3.63) is 17.8 Å². The number of nitrogens with zero attached hydrogens (tertiary/aromatic N) is 3. The highest BCUT2D eigenvalue weighted by Gasteiger charge is 2.34. The third-order valence-corrected chi connectivity index (χ3v) is 4.52. The zero-order valence-corrected chi connectivity index (χ0v) is 10.9. The van der Waals surface area contributed by atoms with E-state index >= 15 is 0 Å². The highest BCUT2D eigenvalue weighted by atomic mass is 15.3. The van der Waals surface area contributed by atoms with E-state index in [0.717, 1.165) is 23.8 Å². The third-order valence-electron chi connectivity index (χ3n) is 4.52. The van der Waals surface area contributed by atoms with Gasteiger partial charge in [0.05, 0.1) is 6.20 Å². The predicted molar refractivity (Wildman–Crippen MR) is 72.2 cm³/mol. The summed E-state index contributed by atoms with van der Waals surface area (Å²) in [5, 5.41) is 8.42. The second-order valence-corrected chi connectivity index (χ2v) is 5.53. The second kappa shape index (κ2) is 5.22. The smallest absolute Gasteiger partial charge is 0.156 e. The molecule has 1 saturated heterocycles. The Labute approximate surface area is 109 Å². The van der Waals surface area contributed by atoms with E-state index in [1.54, 1.807) is 6.20 Å². The van der Waals surface area contributed by atoms with Crippen LogP contribution in [0.5, 0.6) is 0 Å². The molecule has 98 valence electrons. The lowest BCUT2D eigenvalue weighted by Crippen LogP contribution is -2.47. The van der Waals surface area contributed by atoms with Crippen molar-refractivity contribution < 1.29 is 0 Å². The highest BCUT2D eigenvalue weighted by Crippen LogP contribution is 2.37. The molecule has 1 aliphatic carbocycles. The first kappa shape index (κ1) is 11.9. The number of piperidine rings is 1. The van der Waals surface area contributed by atoms with Gasteiger partial charge in [0.2, 0.25) is 0 Å². The topological polar surface area (TPSA) is 55.0 Å². The van der Waals surface area contributed by atoms with Crippen LogP contribution >= 0.6 is 0 Å². The van der Waals surface area contributed by atoms with Crippen molar-refractivity contribution in [2.24, 2.45) is 11.7 Å². The maximum atomic E-state index is 5.83. The van der Waals surface area contributed by atoms with Crippen molar-refractivity contribution in [3.63, 3.8) is 0 Å². The molecule has 2 N–H and O–H groups in total. The first-order chi connectivity index (χ1) is 8.90. The fraction of sp³-hybridized carbons (Fsp3) is 0.714. The summed E-state index contributed by atoms with van der Waals surface area (Å²) < 4.78 is 0. The van der Waals surface area contributed by atoms with E-state index in [2.05, 4.69) is 15.1 Å². The van der Waals surface area contributed by atoms with Crippen LogP contribution in [0.15, 0.2) is 12.3 Å². The van der Waals surface area contributed by atoms with Crippen molar-refractivity contribution in [1.29, 1.82) is 0 Å². The summed E-state index contributed by atoms with van der Waals surface area (Å²) in [5.41, 5.74) is 6.97. The fourth-order valence-electron chi connectivity index (χ4n) is 3.64. The fourth-order valence-corrected chi connectivity index (χ4v) is 3.64. The molecule has 4 nitrogen and oxygen atoms in total. The van der Waals surface area contributed by atoms with Crippen LogP contribution in [0.1, 0.15) is 44.1 Å². The lowest BCUT2D eigenvalue weighted by Gasteiger charge is -2.45. The maximum Gasteiger partial charge on any atom is 0.156 e. The van der Waals surface area contributed by atoms with Crippen LogP contribution in [0.3, 0.4) is 0 Å². The molecule has 2 atom stereocenters. The number of hydrogen-bond acceptors (Lipinski definition) is 4. The molecular formula is C14H22N4. The molecule has 2 unspecified atom stereocenters. The van der Waals surface area contributed by atoms with Crippen molar-refractivity contribution >= 4 is 5.82 Å². The molecule has 2 fully saturated rings. The van der Waals surface area contributed by atoms with Crippen LogP contribution in [0.4, 0.5) is 5.82 Å². The summed E-state index contributed by atoms with van der Waals surface area (Å²) in [4.78, 5) is 2.49. The molecule has 3 rings (SSSR count). The van der Waals surface area contributed by atoms with Gasteiger partial charge in [-0.25, -0.2) is 0 Å². The average molecular weight is 246 g/mol. The van der Waals surface area contributed by atoms with Crippen LogP contribution < -0.4 is 10.6 Å². The standard InChI is InChI=1S/C14H22N4/c15-10-12-7-8-16-17-14(12)18-9-3-5-11-4-1-2-6-13(11)18/h7-8,11,13H,1-6,9-10,15H2. The quantitative estimate of drug-likeness (QED) is 0.868. The monoisotopic (exact) mass is 246 g/mol. The van der Waals surface area contributed by atoms with Gasteiger partial charge >= 0.3 is 0 Å². The van der Waals surface area contributed by atoms with Gasteiger partial charge in [-0.15, -0.1) is 5.10 Å². The Kier molecular flexibility index (Phi) is 3.46. The van der Waals surface area contributed by atoms with Gasteiger partial charge in [0.25, 0.3) is 0 Å². The van der Waals surface area contributed by atoms with Crippen molar-refractivity contribution in [2.45, 2.75) is 51.1 Å². The first-order valence-electron chi connectivity index (χ1n) is 7.17. The van der Waals surface area contributed by atoms with Gasteiger partial charge in [-0.2, -0.15) is 5.10 Å². The molecule has 2 heterocycles. The van der Waals surface area contributed by atoms with E-state index in [1.165, 1.54) is 38.5 Å². The number of rotatable bonds is 2. The average Bonchev–Trinajstić information content (AvgIpc) is 2.46. The van der Waals surface area contributed by atoms with E-state index in [0.29, 0.717) is 12.6 Å². The molecule has 4 heteroatoms. The van der Waals surface area contributed by atoms with E-state index in [1.807, 2.05) is 6.07 Å². The molecule has 0 spiro atoms. The lowest BCUT2D eigenvalue weighted by atomic mass is 9.78. The van der Waals surface area contributed by atoms with Crippen LogP contribution in [0.2, 0.25) is 0 Å². The summed E-state index contributed by atoms with van der Waals surface area (Å²) >= 11 is 0. The normalized spacial score (nSPS) is 27.9. The van der Waals surface area contributed by atoms with Crippen molar-refractivity contribution in [3.8, 4) is 0 Å². The third kappa shape index (κ3) is 2.09. The molecule has 0 aromatic carbocycles. The van der Waals surface area contributed by atoms with Crippen LogP contribution in [0, 0.1) is 5.92 Å². The Morgan fingerprint density at radius 1 is 1.22 bits per heavy atom. The van der Waals surface area contributed by atoms with E-state index in [-0.39, 0.29) is 0 Å². The molecule has 18 heavy (non-hydrogen) atoms. The Morgan fingerprint density at radius 3 is 2.94 bits per heavy atom. The first-order valence-corrected chi connectivity index (χ1v) is 7.17. The van der Waals surface area contributed by atoms with Gasteiger partial charge in [-0.3, -0.25) is 0 Å². The van der Waals surface area contributed by atoms with E-state index in [9.17, 15) is 0 Å². The molecule has 0 radical (unpaired) electrons. The van der Waals surface area contributed by atoms with Gasteiger partial charge in [0.15, 0.2) is 5.82 Å². The van der Waals surface area contributed by atoms with Gasteiger partial charge in [0, 0.05) is 24.7 Å². The molecule has 1 aliphatic heterocycles. The van der Waals surface area contributed by atoms with Crippen LogP contribution in [0.25, 0.3) is 0 Å². The largest absolute Gasteiger partial charge is 0.352 e. The number of nitrogens with two attached hydrogens (primary N) is 1. The zero-order chi connectivity index (χ0) is 12.4. The minimum Gasteiger partial charge on any atom is -0.352 e. The molecule has 1 aromatic heterocycles. The van der Waals surface area contributed by atoms with Gasteiger partial charge in [0.1, 0.15) is 0 Å². The van der Waals surface area contributed by atoms with Gasteiger partial charge in [-0.05, 0) is 37.7 Å². The van der Waals surface area contributed by atoms with Crippen LogP contribution in [-0.2, 0) is 6.54 Å². The molecule has 0 amide bonds. The SMILES string of the molecule is NCc1ccnnc1N1CCCC2CCCCC21. The van der Waals surface area contributed by atoms with E-state index < -0.39 is 0 Å². The van der Waals surface area contributed by atoms with Gasteiger partial charge < -0.3 is 10.6 Å². The predicted octanol–water partition coefficient (Wildman–Crippen LogP) is 2.09. The summed E-state index contributed by atoms with van der Waals surface area (Å²) in [6.07, 6.45) is 9.87. The number of anilines is 1.